The van der Waals surface area contributed by atoms with Crippen molar-refractivity contribution in [2.75, 3.05) is 18.5 Å². The molecule has 2 rings (SSSR count). The van der Waals surface area contributed by atoms with Gasteiger partial charge in [-0.1, -0.05) is 13.8 Å². The van der Waals surface area contributed by atoms with E-state index in [2.05, 4.69) is 24.5 Å². The van der Waals surface area contributed by atoms with Crippen molar-refractivity contribution < 1.29 is 24.8 Å². The molecule has 140 valence electrons. The maximum Gasteiger partial charge on any atom is 0.172 e. The lowest BCUT2D eigenvalue weighted by atomic mass is 10.1. The number of aliphatic hydroxyl groups is 3. The molecule has 0 aliphatic carbocycles. The van der Waals surface area contributed by atoms with Crippen LogP contribution in [0.4, 0.5) is 5.69 Å². The Kier molecular flexibility index (Phi) is 7.39. The molecule has 7 nitrogen and oxygen atoms in total. The van der Waals surface area contributed by atoms with E-state index in [1.807, 2.05) is 24.3 Å². The average molecular weight is 370 g/mol. The third-order valence-corrected chi connectivity index (χ3v) is 4.11. The summed E-state index contributed by atoms with van der Waals surface area (Å²) in [5.41, 5.74) is 0.750. The molecule has 1 aromatic carbocycles. The lowest BCUT2D eigenvalue weighted by Crippen LogP contribution is -2.45. The van der Waals surface area contributed by atoms with Gasteiger partial charge in [0, 0.05) is 5.69 Å². The van der Waals surface area contributed by atoms with Crippen LogP contribution in [0, 0.1) is 5.92 Å². The number of nitrogens with one attached hydrogen (secondary N) is 2. The van der Waals surface area contributed by atoms with Gasteiger partial charge in [0.25, 0.3) is 0 Å². The standard InChI is InChI=1S/C17H26N2O5S/c1-10(2)7-8-23-12-5-3-11(4-6-12)18-17(25)19-16-15(22)14(21)13(9-20)24-16/h3-6,10,13-16,20-22H,7-9H2,1-2H3,(H2,18,19,25)/t13-,14?,15+,16?/m1/s1. The van der Waals surface area contributed by atoms with Gasteiger partial charge in [0.1, 0.15) is 24.1 Å². The summed E-state index contributed by atoms with van der Waals surface area (Å²) < 4.78 is 11.0. The zero-order chi connectivity index (χ0) is 18.4. The summed E-state index contributed by atoms with van der Waals surface area (Å²) in [5, 5.41) is 34.7. The number of hydrogen-bond donors (Lipinski definition) is 5. The van der Waals surface area contributed by atoms with Gasteiger partial charge in [-0.05, 0) is 48.8 Å². The van der Waals surface area contributed by atoms with E-state index in [-0.39, 0.29) is 11.7 Å². The Morgan fingerprint density at radius 3 is 2.48 bits per heavy atom. The number of hydrogen-bond acceptors (Lipinski definition) is 6. The zero-order valence-corrected chi connectivity index (χ0v) is 15.2. The Morgan fingerprint density at radius 2 is 1.92 bits per heavy atom. The molecule has 1 heterocycles. The summed E-state index contributed by atoms with van der Waals surface area (Å²) in [4.78, 5) is 0. The number of aliphatic hydroxyl groups excluding tert-OH is 3. The molecule has 0 spiro atoms. The molecule has 8 heteroatoms. The van der Waals surface area contributed by atoms with Crippen LogP contribution in [-0.4, -0.2) is 58.2 Å². The molecule has 1 aliphatic rings. The Bertz CT molecular complexity index is 554. The molecule has 5 N–H and O–H groups in total. The van der Waals surface area contributed by atoms with E-state index < -0.39 is 24.5 Å². The third kappa shape index (κ3) is 5.79. The van der Waals surface area contributed by atoms with Gasteiger partial charge >= 0.3 is 0 Å². The molecule has 1 fully saturated rings. The van der Waals surface area contributed by atoms with Crippen LogP contribution < -0.4 is 15.4 Å². The smallest absolute Gasteiger partial charge is 0.172 e. The van der Waals surface area contributed by atoms with Gasteiger partial charge in [-0.3, -0.25) is 0 Å². The van der Waals surface area contributed by atoms with Crippen molar-refractivity contribution in [1.82, 2.24) is 5.32 Å². The van der Waals surface area contributed by atoms with Crippen molar-refractivity contribution in [1.29, 1.82) is 0 Å². The van der Waals surface area contributed by atoms with Crippen LogP contribution in [0.2, 0.25) is 0 Å². The van der Waals surface area contributed by atoms with E-state index in [4.69, 9.17) is 26.8 Å². The van der Waals surface area contributed by atoms with Crippen molar-refractivity contribution in [2.45, 2.75) is 44.8 Å². The minimum Gasteiger partial charge on any atom is -0.494 e. The highest BCUT2D eigenvalue weighted by Gasteiger charge is 2.42. The van der Waals surface area contributed by atoms with Crippen LogP contribution >= 0.6 is 12.2 Å². The first-order valence-corrected chi connectivity index (χ1v) is 8.74. The predicted molar refractivity (Wildman–Crippen MR) is 98.5 cm³/mol. The van der Waals surface area contributed by atoms with Crippen LogP contribution in [-0.2, 0) is 4.74 Å². The topological polar surface area (TPSA) is 103 Å². The molecule has 25 heavy (non-hydrogen) atoms. The minimum absolute atomic E-state index is 0.239. The largest absolute Gasteiger partial charge is 0.494 e. The Labute approximate surface area is 153 Å². The second kappa shape index (κ2) is 9.30. The highest BCUT2D eigenvalue weighted by Crippen LogP contribution is 2.20. The fraction of sp³-hybridized carbons (Fsp3) is 0.588. The molecule has 1 saturated heterocycles. The maximum absolute atomic E-state index is 9.88. The first-order chi connectivity index (χ1) is 11.9. The van der Waals surface area contributed by atoms with Gasteiger partial charge in [-0.15, -0.1) is 0 Å². The average Bonchev–Trinajstić information content (AvgIpc) is 2.84. The summed E-state index contributed by atoms with van der Waals surface area (Å²) in [6.07, 6.45) is -3.05. The summed E-state index contributed by atoms with van der Waals surface area (Å²) in [5.74, 6) is 1.38. The lowest BCUT2D eigenvalue weighted by Gasteiger charge is -2.19. The fourth-order valence-corrected chi connectivity index (χ4v) is 2.60. The van der Waals surface area contributed by atoms with Crippen LogP contribution in [0.5, 0.6) is 5.75 Å². The van der Waals surface area contributed by atoms with Crippen molar-refractivity contribution in [3.05, 3.63) is 24.3 Å². The molecule has 2 unspecified atom stereocenters. The van der Waals surface area contributed by atoms with Gasteiger partial charge in [0.15, 0.2) is 11.3 Å². The Morgan fingerprint density at radius 1 is 1.24 bits per heavy atom. The normalized spacial score (nSPS) is 25.8. The fourth-order valence-electron chi connectivity index (χ4n) is 2.36. The number of thiocarbonyl (C=S) groups is 1. The Hall–Kier alpha value is -1.45. The highest BCUT2D eigenvalue weighted by atomic mass is 32.1. The summed E-state index contributed by atoms with van der Waals surface area (Å²) >= 11 is 5.18. The molecule has 0 radical (unpaired) electrons. The van der Waals surface area contributed by atoms with Gasteiger partial charge in [0.2, 0.25) is 0 Å². The van der Waals surface area contributed by atoms with Gasteiger partial charge in [-0.25, -0.2) is 0 Å². The van der Waals surface area contributed by atoms with Crippen molar-refractivity contribution in [3.63, 3.8) is 0 Å². The van der Waals surface area contributed by atoms with Crippen molar-refractivity contribution in [2.24, 2.45) is 5.92 Å². The van der Waals surface area contributed by atoms with Gasteiger partial charge in [-0.2, -0.15) is 0 Å². The number of ether oxygens (including phenoxy) is 2. The van der Waals surface area contributed by atoms with E-state index in [1.165, 1.54) is 0 Å². The Balaban J connectivity index is 1.80. The monoisotopic (exact) mass is 370 g/mol. The summed E-state index contributed by atoms with van der Waals surface area (Å²) in [6.45, 7) is 4.60. The third-order valence-electron chi connectivity index (χ3n) is 3.89. The number of anilines is 1. The van der Waals surface area contributed by atoms with E-state index in [0.717, 1.165) is 17.9 Å². The molecular formula is C17H26N2O5S. The zero-order valence-electron chi connectivity index (χ0n) is 14.4. The molecular weight excluding hydrogens is 344 g/mol. The molecule has 4 atom stereocenters. The van der Waals surface area contributed by atoms with Gasteiger partial charge in [0.05, 0.1) is 13.2 Å². The van der Waals surface area contributed by atoms with E-state index in [1.54, 1.807) is 0 Å². The van der Waals surface area contributed by atoms with Crippen molar-refractivity contribution in [3.8, 4) is 5.75 Å². The molecule has 1 aromatic rings. The summed E-state index contributed by atoms with van der Waals surface area (Å²) in [6, 6.07) is 7.35. The van der Waals surface area contributed by atoms with Crippen LogP contribution in [0.1, 0.15) is 20.3 Å². The summed E-state index contributed by atoms with van der Waals surface area (Å²) in [7, 11) is 0. The van der Waals surface area contributed by atoms with Crippen LogP contribution in [0.15, 0.2) is 24.3 Å². The van der Waals surface area contributed by atoms with Crippen LogP contribution in [0.3, 0.4) is 0 Å². The van der Waals surface area contributed by atoms with Gasteiger partial charge < -0.3 is 35.4 Å². The van der Waals surface area contributed by atoms with E-state index in [0.29, 0.717) is 12.5 Å². The predicted octanol–water partition coefficient (Wildman–Crippen LogP) is 0.837. The van der Waals surface area contributed by atoms with E-state index in [9.17, 15) is 10.2 Å². The number of rotatable bonds is 7. The lowest BCUT2D eigenvalue weighted by molar-refractivity contribution is -0.0260. The first kappa shape index (κ1) is 19.9. The molecule has 0 aromatic heterocycles. The first-order valence-electron chi connectivity index (χ1n) is 8.33. The molecule has 1 aliphatic heterocycles. The van der Waals surface area contributed by atoms with Crippen molar-refractivity contribution >= 4 is 23.0 Å². The highest BCUT2D eigenvalue weighted by molar-refractivity contribution is 7.80. The SMILES string of the molecule is CC(C)CCOc1ccc(NC(=S)NC2O[C@H](CO)C(O)[C@@H]2O)cc1. The van der Waals surface area contributed by atoms with Crippen LogP contribution in [0.25, 0.3) is 0 Å². The maximum atomic E-state index is 9.88. The minimum atomic E-state index is -1.17. The molecule has 0 saturated carbocycles. The molecule has 0 amide bonds. The molecule has 0 bridgehead atoms. The number of benzene rings is 1. The second-order valence-corrected chi connectivity index (χ2v) is 6.82. The quantitative estimate of drug-likeness (QED) is 0.450. The van der Waals surface area contributed by atoms with E-state index >= 15 is 0 Å². The second-order valence-electron chi connectivity index (χ2n) is 6.41.